The monoisotopic (exact) mass is 466 g/mol. The smallest absolute Gasteiger partial charge is 0.329 e. The molecule has 7 nitrogen and oxygen atoms in total. The average molecular weight is 467 g/mol. The zero-order valence-corrected chi connectivity index (χ0v) is 18.0. The lowest BCUT2D eigenvalue weighted by Gasteiger charge is -2.09. The SMILES string of the molecule is N#Cc1ccc(NC(=O)C(=O)N/N=C/c2cccc(OCc3c(Cl)cccc3Cl)c2)cc1. The number of carbonyl (C=O) groups is 2. The number of hydrogen-bond donors (Lipinski definition) is 2. The van der Waals surface area contributed by atoms with Crippen LogP contribution in [0.15, 0.2) is 71.8 Å². The molecule has 32 heavy (non-hydrogen) atoms. The Bertz CT molecular complexity index is 1180. The Balaban J connectivity index is 1.54. The lowest BCUT2D eigenvalue weighted by atomic mass is 10.2. The summed E-state index contributed by atoms with van der Waals surface area (Å²) in [5, 5.41) is 16.0. The van der Waals surface area contributed by atoms with E-state index < -0.39 is 11.8 Å². The second-order valence-corrected chi connectivity index (χ2v) is 7.22. The maximum Gasteiger partial charge on any atom is 0.329 e. The molecule has 0 saturated carbocycles. The van der Waals surface area contributed by atoms with Crippen LogP contribution < -0.4 is 15.5 Å². The van der Waals surface area contributed by atoms with Crippen molar-refractivity contribution in [1.29, 1.82) is 5.26 Å². The van der Waals surface area contributed by atoms with Crippen molar-refractivity contribution >= 4 is 46.9 Å². The van der Waals surface area contributed by atoms with Gasteiger partial charge in [0.15, 0.2) is 0 Å². The van der Waals surface area contributed by atoms with Gasteiger partial charge in [0.1, 0.15) is 12.4 Å². The van der Waals surface area contributed by atoms with Crippen molar-refractivity contribution < 1.29 is 14.3 Å². The van der Waals surface area contributed by atoms with E-state index in [0.29, 0.717) is 38.2 Å². The Kier molecular flexibility index (Phi) is 7.81. The summed E-state index contributed by atoms with van der Waals surface area (Å²) in [6.07, 6.45) is 1.38. The van der Waals surface area contributed by atoms with Crippen LogP contribution in [0.3, 0.4) is 0 Å². The fourth-order valence-electron chi connectivity index (χ4n) is 2.54. The number of hydrazone groups is 1. The van der Waals surface area contributed by atoms with Crippen LogP contribution >= 0.6 is 23.2 Å². The Morgan fingerprint density at radius 2 is 1.69 bits per heavy atom. The molecule has 3 aromatic carbocycles. The minimum Gasteiger partial charge on any atom is -0.489 e. The summed E-state index contributed by atoms with van der Waals surface area (Å²) in [6.45, 7) is 0.186. The van der Waals surface area contributed by atoms with Gasteiger partial charge < -0.3 is 10.1 Å². The van der Waals surface area contributed by atoms with Crippen molar-refractivity contribution in [3.05, 3.63) is 93.5 Å². The van der Waals surface area contributed by atoms with Gasteiger partial charge in [0.2, 0.25) is 0 Å². The highest BCUT2D eigenvalue weighted by Crippen LogP contribution is 2.26. The van der Waals surface area contributed by atoms with Crippen LogP contribution in [0.25, 0.3) is 0 Å². The second kappa shape index (κ2) is 11.0. The topological polar surface area (TPSA) is 104 Å². The number of nitrogens with zero attached hydrogens (tertiary/aromatic N) is 2. The van der Waals surface area contributed by atoms with Gasteiger partial charge in [-0.05, 0) is 54.1 Å². The van der Waals surface area contributed by atoms with E-state index in [1.165, 1.54) is 30.5 Å². The molecule has 0 saturated heterocycles. The summed E-state index contributed by atoms with van der Waals surface area (Å²) < 4.78 is 5.74. The second-order valence-electron chi connectivity index (χ2n) is 6.40. The molecule has 0 fully saturated rings. The zero-order chi connectivity index (χ0) is 22.9. The Morgan fingerprint density at radius 3 is 2.38 bits per heavy atom. The summed E-state index contributed by atoms with van der Waals surface area (Å²) in [4.78, 5) is 23.8. The summed E-state index contributed by atoms with van der Waals surface area (Å²) in [5.74, 6) is -1.28. The molecule has 160 valence electrons. The number of ether oxygens (including phenoxy) is 1. The molecule has 0 aliphatic heterocycles. The molecule has 2 amide bonds. The molecule has 0 spiro atoms. The first-order valence-electron chi connectivity index (χ1n) is 9.26. The number of hydrogen-bond acceptors (Lipinski definition) is 5. The van der Waals surface area contributed by atoms with E-state index >= 15 is 0 Å². The predicted molar refractivity (Wildman–Crippen MR) is 123 cm³/mol. The predicted octanol–water partition coefficient (Wildman–Crippen LogP) is 4.53. The maximum atomic E-state index is 11.9. The van der Waals surface area contributed by atoms with Gasteiger partial charge in [-0.25, -0.2) is 5.43 Å². The number of nitrogens with one attached hydrogen (secondary N) is 2. The largest absolute Gasteiger partial charge is 0.489 e. The fraction of sp³-hybridized carbons (Fsp3) is 0.0435. The molecular formula is C23H16Cl2N4O3. The molecule has 3 rings (SSSR count). The van der Waals surface area contributed by atoms with Crippen LogP contribution in [0.4, 0.5) is 5.69 Å². The van der Waals surface area contributed by atoms with Gasteiger partial charge in [-0.2, -0.15) is 10.4 Å². The van der Waals surface area contributed by atoms with Crippen LogP contribution in [0.2, 0.25) is 10.0 Å². The van der Waals surface area contributed by atoms with E-state index in [4.69, 9.17) is 33.2 Å². The van der Waals surface area contributed by atoms with E-state index in [0.717, 1.165) is 0 Å². The number of benzene rings is 3. The van der Waals surface area contributed by atoms with Gasteiger partial charge in [0, 0.05) is 21.3 Å². The Morgan fingerprint density at radius 1 is 1.00 bits per heavy atom. The van der Waals surface area contributed by atoms with Crippen molar-refractivity contribution in [2.75, 3.05) is 5.32 Å². The molecule has 0 bridgehead atoms. The summed E-state index contributed by atoms with van der Waals surface area (Å²) in [7, 11) is 0. The minimum absolute atomic E-state index is 0.186. The van der Waals surface area contributed by atoms with Crippen molar-refractivity contribution in [3.63, 3.8) is 0 Å². The quantitative estimate of drug-likeness (QED) is 0.316. The molecule has 0 unspecified atom stereocenters. The summed E-state index contributed by atoms with van der Waals surface area (Å²) >= 11 is 12.3. The van der Waals surface area contributed by atoms with Gasteiger partial charge in [0.25, 0.3) is 0 Å². The number of nitriles is 1. The first-order valence-corrected chi connectivity index (χ1v) is 10.0. The normalized spacial score (nSPS) is 10.4. The number of rotatable bonds is 6. The van der Waals surface area contributed by atoms with Gasteiger partial charge in [-0.3, -0.25) is 9.59 Å². The third-order valence-corrected chi connectivity index (χ3v) is 4.87. The van der Waals surface area contributed by atoms with Crippen molar-refractivity contribution in [2.45, 2.75) is 6.61 Å². The van der Waals surface area contributed by atoms with Crippen molar-refractivity contribution in [2.24, 2.45) is 5.10 Å². The molecule has 0 aliphatic carbocycles. The number of carbonyl (C=O) groups excluding carboxylic acids is 2. The number of anilines is 1. The number of amides is 2. The molecule has 3 aromatic rings. The number of halogens is 2. The summed E-state index contributed by atoms with van der Waals surface area (Å²) in [6, 6.07) is 20.3. The van der Waals surface area contributed by atoms with E-state index in [9.17, 15) is 9.59 Å². The molecule has 9 heteroatoms. The molecule has 0 heterocycles. The first-order chi connectivity index (χ1) is 15.5. The lowest BCUT2D eigenvalue weighted by molar-refractivity contribution is -0.136. The Hall–Kier alpha value is -3.86. The van der Waals surface area contributed by atoms with Crippen molar-refractivity contribution in [1.82, 2.24) is 5.43 Å². The third kappa shape index (κ3) is 6.32. The van der Waals surface area contributed by atoms with Crippen LogP contribution in [0.1, 0.15) is 16.7 Å². The summed E-state index contributed by atoms with van der Waals surface area (Å²) in [5.41, 5.74) is 4.30. The molecule has 0 radical (unpaired) electrons. The highest BCUT2D eigenvalue weighted by atomic mass is 35.5. The van der Waals surface area contributed by atoms with Gasteiger partial charge in [0.05, 0.1) is 17.8 Å². The van der Waals surface area contributed by atoms with Crippen LogP contribution in [-0.4, -0.2) is 18.0 Å². The van der Waals surface area contributed by atoms with Crippen LogP contribution in [0.5, 0.6) is 5.75 Å². The van der Waals surface area contributed by atoms with E-state index in [2.05, 4.69) is 15.8 Å². The van der Waals surface area contributed by atoms with Gasteiger partial charge >= 0.3 is 11.8 Å². The lowest BCUT2D eigenvalue weighted by Crippen LogP contribution is -2.32. The van der Waals surface area contributed by atoms with E-state index in [1.54, 1.807) is 42.5 Å². The zero-order valence-electron chi connectivity index (χ0n) is 16.5. The standard InChI is InChI=1S/C23H16Cl2N4O3/c24-20-5-2-6-21(25)19(20)14-32-18-4-1-3-16(11-18)13-27-29-23(31)22(30)28-17-9-7-15(12-26)8-10-17/h1-11,13H,14H2,(H,28,30)(H,29,31)/b27-13+. The van der Waals surface area contributed by atoms with E-state index in [1.807, 2.05) is 6.07 Å². The van der Waals surface area contributed by atoms with E-state index in [-0.39, 0.29) is 6.61 Å². The van der Waals surface area contributed by atoms with Gasteiger partial charge in [-0.1, -0.05) is 41.4 Å². The maximum absolute atomic E-state index is 11.9. The molecular weight excluding hydrogens is 451 g/mol. The average Bonchev–Trinajstić information content (AvgIpc) is 2.79. The highest BCUT2D eigenvalue weighted by molar-refractivity contribution is 6.39. The fourth-order valence-corrected chi connectivity index (χ4v) is 3.05. The molecule has 0 aromatic heterocycles. The van der Waals surface area contributed by atoms with Crippen molar-refractivity contribution in [3.8, 4) is 11.8 Å². The Labute approximate surface area is 194 Å². The highest BCUT2D eigenvalue weighted by Gasteiger charge is 2.12. The van der Waals surface area contributed by atoms with Gasteiger partial charge in [-0.15, -0.1) is 0 Å². The van der Waals surface area contributed by atoms with Crippen LogP contribution in [-0.2, 0) is 16.2 Å². The first kappa shape index (κ1) is 22.8. The minimum atomic E-state index is -0.939. The van der Waals surface area contributed by atoms with Crippen LogP contribution in [0, 0.1) is 11.3 Å². The molecule has 0 aliphatic rings. The molecule has 0 atom stereocenters. The third-order valence-electron chi connectivity index (χ3n) is 4.16. The molecule has 2 N–H and O–H groups in total.